The maximum atomic E-state index is 12.7. The molecule has 0 saturated heterocycles. The maximum absolute atomic E-state index is 12.7. The van der Waals surface area contributed by atoms with Gasteiger partial charge in [-0.15, -0.1) is 13.2 Å². The van der Waals surface area contributed by atoms with Crippen LogP contribution in [0, 0.1) is 13.8 Å². The molecule has 184 valence electrons. The standard InChI is InChI=1S/C26H24F3NO5/c1-16-14-21(12-8-19(16)9-13-24(31)32)34-23-5-3-4-22(17(23)2)25(33)30-15-18-6-10-20(11-7-18)35-26(27,28)29/h3-8,10-12,14H,9,13,15H2,1-2H3,(H,30,33)(H,31,32). The van der Waals surface area contributed by atoms with Crippen LogP contribution in [-0.2, 0) is 17.8 Å². The molecule has 0 bridgehead atoms. The topological polar surface area (TPSA) is 84.9 Å². The van der Waals surface area contributed by atoms with Crippen molar-refractivity contribution in [2.45, 2.75) is 39.6 Å². The number of carboxylic acid groups (broad SMARTS) is 1. The van der Waals surface area contributed by atoms with Crippen LogP contribution in [0.5, 0.6) is 17.2 Å². The number of hydrogen-bond acceptors (Lipinski definition) is 4. The number of ether oxygens (including phenoxy) is 2. The van der Waals surface area contributed by atoms with Gasteiger partial charge in [-0.2, -0.15) is 0 Å². The van der Waals surface area contributed by atoms with Crippen LogP contribution in [0.3, 0.4) is 0 Å². The second-order valence-electron chi connectivity index (χ2n) is 7.89. The zero-order valence-corrected chi connectivity index (χ0v) is 19.1. The summed E-state index contributed by atoms with van der Waals surface area (Å²) in [5.41, 5.74) is 3.45. The summed E-state index contributed by atoms with van der Waals surface area (Å²) >= 11 is 0. The number of amides is 1. The Bertz CT molecular complexity index is 1210. The molecule has 0 aliphatic rings. The van der Waals surface area contributed by atoms with Gasteiger partial charge in [0.15, 0.2) is 0 Å². The fraction of sp³-hybridized carbons (Fsp3) is 0.231. The Morgan fingerprint density at radius 1 is 0.971 bits per heavy atom. The molecule has 0 aliphatic carbocycles. The van der Waals surface area contributed by atoms with Gasteiger partial charge >= 0.3 is 12.3 Å². The number of carboxylic acids is 1. The molecule has 0 aromatic heterocycles. The molecule has 0 aliphatic heterocycles. The first-order chi connectivity index (χ1) is 16.5. The molecule has 9 heteroatoms. The van der Waals surface area contributed by atoms with Crippen LogP contribution in [0.15, 0.2) is 60.7 Å². The van der Waals surface area contributed by atoms with Gasteiger partial charge in [0.25, 0.3) is 5.91 Å². The number of nitrogens with one attached hydrogen (secondary N) is 1. The summed E-state index contributed by atoms with van der Waals surface area (Å²) in [7, 11) is 0. The molecule has 2 N–H and O–H groups in total. The van der Waals surface area contributed by atoms with Gasteiger partial charge in [0.2, 0.25) is 0 Å². The minimum Gasteiger partial charge on any atom is -0.481 e. The van der Waals surface area contributed by atoms with E-state index in [1.165, 1.54) is 24.3 Å². The summed E-state index contributed by atoms with van der Waals surface area (Å²) in [4.78, 5) is 23.5. The van der Waals surface area contributed by atoms with Gasteiger partial charge in [-0.05, 0) is 73.4 Å². The lowest BCUT2D eigenvalue weighted by molar-refractivity contribution is -0.274. The molecule has 35 heavy (non-hydrogen) atoms. The van der Waals surface area contributed by atoms with Gasteiger partial charge < -0.3 is 19.9 Å². The zero-order chi connectivity index (χ0) is 25.6. The van der Waals surface area contributed by atoms with E-state index >= 15 is 0 Å². The molecule has 6 nitrogen and oxygen atoms in total. The van der Waals surface area contributed by atoms with Gasteiger partial charge in [0.1, 0.15) is 17.2 Å². The summed E-state index contributed by atoms with van der Waals surface area (Å²) in [5, 5.41) is 11.6. The first kappa shape index (κ1) is 25.6. The van der Waals surface area contributed by atoms with Crippen LogP contribution < -0.4 is 14.8 Å². The largest absolute Gasteiger partial charge is 0.573 e. The van der Waals surface area contributed by atoms with E-state index < -0.39 is 12.3 Å². The summed E-state index contributed by atoms with van der Waals surface area (Å²) in [6, 6.07) is 15.7. The van der Waals surface area contributed by atoms with Crippen LogP contribution in [0.2, 0.25) is 0 Å². The van der Waals surface area contributed by atoms with Crippen LogP contribution in [0.4, 0.5) is 13.2 Å². The number of carbonyl (C=O) groups excluding carboxylic acids is 1. The highest BCUT2D eigenvalue weighted by Crippen LogP contribution is 2.29. The normalized spacial score (nSPS) is 11.1. The predicted molar refractivity (Wildman–Crippen MR) is 123 cm³/mol. The van der Waals surface area contributed by atoms with Crippen LogP contribution in [-0.4, -0.2) is 23.3 Å². The Morgan fingerprint density at radius 3 is 2.29 bits per heavy atom. The van der Waals surface area contributed by atoms with Gasteiger partial charge in [0, 0.05) is 24.1 Å². The van der Waals surface area contributed by atoms with Crippen molar-refractivity contribution in [3.63, 3.8) is 0 Å². The van der Waals surface area contributed by atoms with Crippen molar-refractivity contribution in [3.8, 4) is 17.2 Å². The molecule has 3 aromatic carbocycles. The van der Waals surface area contributed by atoms with Gasteiger partial charge in [-0.25, -0.2) is 0 Å². The highest BCUT2D eigenvalue weighted by Gasteiger charge is 2.30. The Morgan fingerprint density at radius 2 is 1.66 bits per heavy atom. The van der Waals surface area contributed by atoms with Crippen molar-refractivity contribution in [3.05, 3.63) is 88.5 Å². The number of benzene rings is 3. The van der Waals surface area contributed by atoms with Gasteiger partial charge in [-0.3, -0.25) is 9.59 Å². The van der Waals surface area contributed by atoms with Crippen molar-refractivity contribution in [2.75, 3.05) is 0 Å². The van der Waals surface area contributed by atoms with E-state index in [2.05, 4.69) is 10.1 Å². The molecule has 0 spiro atoms. The third-order valence-electron chi connectivity index (χ3n) is 5.29. The van der Waals surface area contributed by atoms with E-state index in [1.54, 1.807) is 31.2 Å². The highest BCUT2D eigenvalue weighted by molar-refractivity contribution is 5.96. The monoisotopic (exact) mass is 487 g/mol. The minimum absolute atomic E-state index is 0.0444. The van der Waals surface area contributed by atoms with Gasteiger partial charge in [0.05, 0.1) is 0 Å². The molecule has 0 fully saturated rings. The average molecular weight is 487 g/mol. The fourth-order valence-corrected chi connectivity index (χ4v) is 3.44. The summed E-state index contributed by atoms with van der Waals surface area (Å²) in [6.07, 6.45) is -4.29. The van der Waals surface area contributed by atoms with Crippen molar-refractivity contribution in [2.24, 2.45) is 0 Å². The number of alkyl halides is 3. The van der Waals surface area contributed by atoms with Crippen molar-refractivity contribution in [1.29, 1.82) is 0 Å². The lowest BCUT2D eigenvalue weighted by Gasteiger charge is -2.14. The molecular formula is C26H24F3NO5. The Hall–Kier alpha value is -4.01. The number of aryl methyl sites for hydroxylation is 2. The van der Waals surface area contributed by atoms with Crippen molar-refractivity contribution >= 4 is 11.9 Å². The predicted octanol–water partition coefficient (Wildman–Crippen LogP) is 5.94. The second-order valence-corrected chi connectivity index (χ2v) is 7.89. The average Bonchev–Trinajstić information content (AvgIpc) is 2.78. The quantitative estimate of drug-likeness (QED) is 0.390. The van der Waals surface area contributed by atoms with E-state index in [-0.39, 0.29) is 24.6 Å². The lowest BCUT2D eigenvalue weighted by atomic mass is 10.0. The minimum atomic E-state index is -4.76. The third-order valence-corrected chi connectivity index (χ3v) is 5.29. The van der Waals surface area contributed by atoms with Crippen molar-refractivity contribution in [1.82, 2.24) is 5.32 Å². The zero-order valence-electron chi connectivity index (χ0n) is 19.1. The Labute approximate surface area is 200 Å². The van der Waals surface area contributed by atoms with Crippen molar-refractivity contribution < 1.29 is 37.3 Å². The SMILES string of the molecule is Cc1cc(Oc2cccc(C(=O)NCc3ccc(OC(F)(F)F)cc3)c2C)ccc1CCC(=O)O. The van der Waals surface area contributed by atoms with Crippen LogP contribution >= 0.6 is 0 Å². The summed E-state index contributed by atoms with van der Waals surface area (Å²) < 4.78 is 46.6. The number of carbonyl (C=O) groups is 2. The van der Waals surface area contributed by atoms with Crippen LogP contribution in [0.25, 0.3) is 0 Å². The lowest BCUT2D eigenvalue weighted by Crippen LogP contribution is -2.23. The van der Waals surface area contributed by atoms with Crippen LogP contribution in [0.1, 0.15) is 39.0 Å². The highest BCUT2D eigenvalue weighted by atomic mass is 19.4. The van der Waals surface area contributed by atoms with E-state index in [4.69, 9.17) is 9.84 Å². The number of rotatable bonds is 9. The molecule has 3 rings (SSSR count). The Balaban J connectivity index is 1.65. The van der Waals surface area contributed by atoms with Gasteiger partial charge in [-0.1, -0.05) is 24.3 Å². The Kier molecular flexibility index (Phi) is 8.01. The number of hydrogen-bond donors (Lipinski definition) is 2. The maximum Gasteiger partial charge on any atom is 0.573 e. The summed E-state index contributed by atoms with van der Waals surface area (Å²) in [5.74, 6) is -0.502. The second kappa shape index (κ2) is 10.9. The molecule has 3 aromatic rings. The van der Waals surface area contributed by atoms with E-state index in [1.807, 2.05) is 19.1 Å². The first-order valence-electron chi connectivity index (χ1n) is 10.7. The molecule has 0 heterocycles. The number of halogens is 3. The molecule has 0 radical (unpaired) electrons. The molecular weight excluding hydrogens is 463 g/mol. The molecule has 1 amide bonds. The van der Waals surface area contributed by atoms with E-state index in [9.17, 15) is 22.8 Å². The molecule has 0 unspecified atom stereocenters. The smallest absolute Gasteiger partial charge is 0.481 e. The number of aliphatic carboxylic acids is 1. The fourth-order valence-electron chi connectivity index (χ4n) is 3.44. The summed E-state index contributed by atoms with van der Waals surface area (Å²) in [6.45, 7) is 3.75. The third kappa shape index (κ3) is 7.49. The van der Waals surface area contributed by atoms with E-state index in [0.717, 1.165) is 11.1 Å². The molecule has 0 saturated carbocycles. The van der Waals surface area contributed by atoms with E-state index in [0.29, 0.717) is 34.6 Å². The molecule has 0 atom stereocenters. The first-order valence-corrected chi connectivity index (χ1v) is 10.7.